The summed E-state index contributed by atoms with van der Waals surface area (Å²) in [6.45, 7) is 8.25. The molecule has 0 unspecified atom stereocenters. The van der Waals surface area contributed by atoms with Crippen molar-refractivity contribution in [2.45, 2.75) is 33.7 Å². The van der Waals surface area contributed by atoms with Gasteiger partial charge in [0.1, 0.15) is 5.82 Å². The van der Waals surface area contributed by atoms with E-state index in [2.05, 4.69) is 15.6 Å². The minimum absolute atomic E-state index is 0. The maximum Gasteiger partial charge on any atom is 0.211 e. The third-order valence-electron chi connectivity index (χ3n) is 3.68. The first-order valence-corrected chi connectivity index (χ1v) is 10.3. The first-order chi connectivity index (χ1) is 11.8. The molecule has 0 radical (unpaired) electrons. The monoisotopic (exact) mass is 500 g/mol. The fourth-order valence-electron chi connectivity index (χ4n) is 2.34. The van der Waals surface area contributed by atoms with Crippen LogP contribution in [0.5, 0.6) is 0 Å². The number of halogens is 2. The average molecular weight is 500 g/mol. The van der Waals surface area contributed by atoms with Gasteiger partial charge in [0.05, 0.1) is 12.8 Å². The van der Waals surface area contributed by atoms with Gasteiger partial charge < -0.3 is 10.6 Å². The van der Waals surface area contributed by atoms with Gasteiger partial charge in [-0.1, -0.05) is 19.1 Å². The molecule has 0 aromatic heterocycles. The summed E-state index contributed by atoms with van der Waals surface area (Å²) in [5, 5.41) is 6.34. The molecule has 26 heavy (non-hydrogen) atoms. The van der Waals surface area contributed by atoms with Crippen LogP contribution < -0.4 is 10.6 Å². The molecule has 0 saturated heterocycles. The lowest BCUT2D eigenvalue weighted by atomic mass is 10.1. The third-order valence-corrected chi connectivity index (χ3v) is 5.06. The van der Waals surface area contributed by atoms with Crippen molar-refractivity contribution in [3.63, 3.8) is 0 Å². The summed E-state index contributed by atoms with van der Waals surface area (Å²) in [6, 6.07) is 4.96. The molecule has 1 rings (SSSR count). The molecule has 0 heterocycles. The highest BCUT2D eigenvalue weighted by Crippen LogP contribution is 2.10. The zero-order valence-corrected chi connectivity index (χ0v) is 19.0. The Morgan fingerprint density at radius 3 is 2.50 bits per heavy atom. The highest BCUT2D eigenvalue weighted by Gasteiger charge is 2.13. The lowest BCUT2D eigenvalue weighted by Gasteiger charge is -2.18. The van der Waals surface area contributed by atoms with Gasteiger partial charge in [-0.2, -0.15) is 0 Å². The van der Waals surface area contributed by atoms with Gasteiger partial charge in [-0.05, 0) is 37.5 Å². The summed E-state index contributed by atoms with van der Waals surface area (Å²) in [6.07, 6.45) is 1.90. The molecule has 0 bridgehead atoms. The standard InChI is InChI=1S/C17H29FN4O2S.HI/c1-5-19-17(20-10-7-11-22(6-2)25(4,23)24)21-13-15-8-9-16(18)14(3)12-15;/h8-9,12H,5-7,10-11,13H2,1-4H3,(H2,19,20,21);1H. The minimum atomic E-state index is -3.15. The predicted octanol–water partition coefficient (Wildman–Crippen LogP) is 2.48. The fourth-order valence-corrected chi connectivity index (χ4v) is 3.27. The van der Waals surface area contributed by atoms with Crippen LogP contribution in [0.25, 0.3) is 0 Å². The lowest BCUT2D eigenvalue weighted by Crippen LogP contribution is -2.39. The van der Waals surface area contributed by atoms with Crippen molar-refractivity contribution in [3.05, 3.63) is 35.1 Å². The quantitative estimate of drug-likeness (QED) is 0.237. The second kappa shape index (κ2) is 12.4. The summed E-state index contributed by atoms with van der Waals surface area (Å²) in [4.78, 5) is 4.48. The first-order valence-electron chi connectivity index (χ1n) is 8.50. The van der Waals surface area contributed by atoms with E-state index in [-0.39, 0.29) is 29.8 Å². The number of nitrogens with one attached hydrogen (secondary N) is 2. The highest BCUT2D eigenvalue weighted by atomic mass is 127. The third kappa shape index (κ3) is 9.13. The Morgan fingerprint density at radius 1 is 1.27 bits per heavy atom. The van der Waals surface area contributed by atoms with Crippen LogP contribution in [0.4, 0.5) is 4.39 Å². The van der Waals surface area contributed by atoms with E-state index in [9.17, 15) is 12.8 Å². The first kappa shape index (κ1) is 25.1. The van der Waals surface area contributed by atoms with Crippen molar-refractivity contribution >= 4 is 40.0 Å². The molecule has 2 N–H and O–H groups in total. The zero-order chi connectivity index (χ0) is 18.9. The van der Waals surface area contributed by atoms with Gasteiger partial charge >= 0.3 is 0 Å². The molecule has 150 valence electrons. The van der Waals surface area contributed by atoms with Crippen molar-refractivity contribution in [3.8, 4) is 0 Å². The second-order valence-electron chi connectivity index (χ2n) is 5.81. The van der Waals surface area contributed by atoms with Crippen molar-refractivity contribution in [2.75, 3.05) is 32.4 Å². The summed E-state index contributed by atoms with van der Waals surface area (Å²) in [5.74, 6) is 0.441. The Labute approximate surface area is 173 Å². The summed E-state index contributed by atoms with van der Waals surface area (Å²) in [5.41, 5.74) is 1.54. The van der Waals surface area contributed by atoms with Crippen LogP contribution in [0, 0.1) is 12.7 Å². The van der Waals surface area contributed by atoms with Gasteiger partial charge in [-0.15, -0.1) is 24.0 Å². The van der Waals surface area contributed by atoms with E-state index in [1.807, 2.05) is 13.8 Å². The Kier molecular flexibility index (Phi) is 12.0. The lowest BCUT2D eigenvalue weighted by molar-refractivity contribution is 0.424. The van der Waals surface area contributed by atoms with E-state index >= 15 is 0 Å². The molecular formula is C17H30FIN4O2S. The molecule has 0 aliphatic carbocycles. The van der Waals surface area contributed by atoms with E-state index in [4.69, 9.17) is 0 Å². The number of aryl methyl sites for hydroxylation is 1. The SMILES string of the molecule is CCNC(=NCc1ccc(F)c(C)c1)NCCCN(CC)S(C)(=O)=O.I. The molecule has 1 aromatic carbocycles. The molecule has 1 aromatic rings. The zero-order valence-electron chi connectivity index (χ0n) is 15.9. The number of guanidine groups is 1. The number of hydrogen-bond acceptors (Lipinski definition) is 3. The molecule has 0 aliphatic rings. The molecule has 6 nitrogen and oxygen atoms in total. The topological polar surface area (TPSA) is 73.8 Å². The van der Waals surface area contributed by atoms with Crippen LogP contribution in [0.15, 0.2) is 23.2 Å². The Hall–Kier alpha value is -0.940. The Morgan fingerprint density at radius 2 is 1.96 bits per heavy atom. The van der Waals surface area contributed by atoms with E-state index in [0.29, 0.717) is 44.1 Å². The number of rotatable bonds is 9. The van der Waals surface area contributed by atoms with E-state index in [1.165, 1.54) is 16.6 Å². The number of benzene rings is 1. The summed E-state index contributed by atoms with van der Waals surface area (Å²) < 4.78 is 37.8. The molecule has 0 spiro atoms. The molecule has 0 atom stereocenters. The van der Waals surface area contributed by atoms with Gasteiger partial charge in [0.25, 0.3) is 0 Å². The van der Waals surface area contributed by atoms with Crippen LogP contribution >= 0.6 is 24.0 Å². The molecule has 0 saturated carbocycles. The molecule has 0 amide bonds. The normalized spacial score (nSPS) is 12.0. The molecule has 0 aliphatic heterocycles. The maximum absolute atomic E-state index is 13.3. The van der Waals surface area contributed by atoms with Crippen LogP contribution in [0.2, 0.25) is 0 Å². The van der Waals surface area contributed by atoms with Crippen molar-refractivity contribution in [1.82, 2.24) is 14.9 Å². The number of hydrogen-bond donors (Lipinski definition) is 2. The van der Waals surface area contributed by atoms with E-state index in [0.717, 1.165) is 12.1 Å². The Bertz CT molecular complexity index is 683. The smallest absolute Gasteiger partial charge is 0.211 e. The predicted molar refractivity (Wildman–Crippen MR) is 116 cm³/mol. The summed E-state index contributed by atoms with van der Waals surface area (Å²) >= 11 is 0. The number of aliphatic imine (C=N–C) groups is 1. The van der Waals surface area contributed by atoms with E-state index in [1.54, 1.807) is 19.1 Å². The van der Waals surface area contributed by atoms with Crippen molar-refractivity contribution in [1.29, 1.82) is 0 Å². The Balaban J connectivity index is 0.00000625. The largest absolute Gasteiger partial charge is 0.357 e. The average Bonchev–Trinajstić information content (AvgIpc) is 2.54. The van der Waals surface area contributed by atoms with E-state index < -0.39 is 10.0 Å². The number of sulfonamides is 1. The minimum Gasteiger partial charge on any atom is -0.357 e. The van der Waals surface area contributed by atoms with Gasteiger partial charge in [-0.3, -0.25) is 0 Å². The van der Waals surface area contributed by atoms with Crippen LogP contribution in [0.3, 0.4) is 0 Å². The van der Waals surface area contributed by atoms with Gasteiger partial charge in [0.15, 0.2) is 5.96 Å². The summed E-state index contributed by atoms with van der Waals surface area (Å²) in [7, 11) is -3.15. The van der Waals surface area contributed by atoms with Crippen LogP contribution in [-0.2, 0) is 16.6 Å². The van der Waals surface area contributed by atoms with Gasteiger partial charge in [0.2, 0.25) is 10.0 Å². The van der Waals surface area contributed by atoms with Crippen molar-refractivity contribution in [2.24, 2.45) is 4.99 Å². The number of nitrogens with zero attached hydrogens (tertiary/aromatic N) is 2. The molecule has 0 fully saturated rings. The van der Waals surface area contributed by atoms with Crippen LogP contribution in [0.1, 0.15) is 31.4 Å². The van der Waals surface area contributed by atoms with Gasteiger partial charge in [0, 0.05) is 26.2 Å². The van der Waals surface area contributed by atoms with Crippen molar-refractivity contribution < 1.29 is 12.8 Å². The second-order valence-corrected chi connectivity index (χ2v) is 7.80. The van der Waals surface area contributed by atoms with Gasteiger partial charge in [-0.25, -0.2) is 22.1 Å². The highest BCUT2D eigenvalue weighted by molar-refractivity contribution is 14.0. The van der Waals surface area contributed by atoms with Crippen LogP contribution in [-0.4, -0.2) is 51.1 Å². The maximum atomic E-state index is 13.3. The molecular weight excluding hydrogens is 470 g/mol. The fraction of sp³-hybridized carbons (Fsp3) is 0.588. The molecule has 9 heteroatoms.